The summed E-state index contributed by atoms with van der Waals surface area (Å²) in [6.45, 7) is 0. The molecule has 2 aromatic rings. The Hall–Kier alpha value is -0.940. The molecule has 1 aromatic carbocycles. The van der Waals surface area contributed by atoms with Crippen LogP contribution in [0.5, 0.6) is 0 Å². The van der Waals surface area contributed by atoms with Crippen molar-refractivity contribution in [3.63, 3.8) is 0 Å². The molecule has 0 bridgehead atoms. The Labute approximate surface area is 107 Å². The number of rotatable bonds is 2. The van der Waals surface area contributed by atoms with E-state index in [0.29, 0.717) is 5.82 Å². The van der Waals surface area contributed by atoms with Crippen molar-refractivity contribution in [2.45, 2.75) is 4.90 Å². The SMILES string of the molecule is CSc1ccc(-c2cc(N)n(C)n2)cc1Br. The van der Waals surface area contributed by atoms with E-state index in [1.807, 2.05) is 13.1 Å². The highest BCUT2D eigenvalue weighted by Crippen LogP contribution is 2.30. The van der Waals surface area contributed by atoms with Crippen LogP contribution in [-0.4, -0.2) is 16.0 Å². The van der Waals surface area contributed by atoms with Gasteiger partial charge in [-0.3, -0.25) is 4.68 Å². The first-order valence-electron chi connectivity index (χ1n) is 4.75. The smallest absolute Gasteiger partial charge is 0.121 e. The largest absolute Gasteiger partial charge is 0.384 e. The summed E-state index contributed by atoms with van der Waals surface area (Å²) in [5.74, 6) is 0.667. The van der Waals surface area contributed by atoms with Crippen LogP contribution in [0.2, 0.25) is 0 Å². The summed E-state index contributed by atoms with van der Waals surface area (Å²) in [7, 11) is 1.84. The second-order valence-electron chi connectivity index (χ2n) is 3.43. The van der Waals surface area contributed by atoms with E-state index in [-0.39, 0.29) is 0 Å². The molecule has 0 amide bonds. The number of aryl methyl sites for hydroxylation is 1. The van der Waals surface area contributed by atoms with Gasteiger partial charge in [-0.25, -0.2) is 0 Å². The molecule has 0 aliphatic rings. The third kappa shape index (κ3) is 2.10. The van der Waals surface area contributed by atoms with Crippen molar-refractivity contribution in [2.24, 2.45) is 7.05 Å². The quantitative estimate of drug-likeness (QED) is 0.866. The van der Waals surface area contributed by atoms with Crippen LogP contribution in [0.25, 0.3) is 11.3 Å². The molecule has 0 aliphatic carbocycles. The van der Waals surface area contributed by atoms with Gasteiger partial charge in [0, 0.05) is 28.0 Å². The number of nitrogen functional groups attached to an aromatic ring is 1. The maximum atomic E-state index is 5.76. The van der Waals surface area contributed by atoms with Crippen molar-refractivity contribution in [3.05, 3.63) is 28.7 Å². The fourth-order valence-corrected chi connectivity index (χ4v) is 2.77. The normalized spacial score (nSPS) is 10.7. The van der Waals surface area contributed by atoms with E-state index in [4.69, 9.17) is 5.73 Å². The van der Waals surface area contributed by atoms with Crippen LogP contribution >= 0.6 is 27.7 Å². The molecule has 16 heavy (non-hydrogen) atoms. The summed E-state index contributed by atoms with van der Waals surface area (Å²) in [6, 6.07) is 8.07. The van der Waals surface area contributed by atoms with E-state index in [9.17, 15) is 0 Å². The number of nitrogens with two attached hydrogens (primary N) is 1. The van der Waals surface area contributed by atoms with E-state index in [2.05, 4.69) is 45.5 Å². The molecule has 0 atom stereocenters. The van der Waals surface area contributed by atoms with Crippen molar-refractivity contribution in [1.82, 2.24) is 9.78 Å². The number of anilines is 1. The molecule has 1 aromatic heterocycles. The number of halogens is 1. The summed E-state index contributed by atoms with van der Waals surface area (Å²) in [5.41, 5.74) is 7.72. The van der Waals surface area contributed by atoms with E-state index < -0.39 is 0 Å². The Balaban J connectivity index is 2.45. The predicted octanol–water partition coefficient (Wildman–Crippen LogP) is 3.15. The van der Waals surface area contributed by atoms with E-state index in [1.165, 1.54) is 4.90 Å². The minimum Gasteiger partial charge on any atom is -0.384 e. The first kappa shape index (κ1) is 11.5. The molecule has 84 valence electrons. The van der Waals surface area contributed by atoms with Crippen LogP contribution in [0.1, 0.15) is 0 Å². The third-order valence-corrected chi connectivity index (χ3v) is 4.08. The molecule has 0 radical (unpaired) electrons. The number of hydrogen-bond donors (Lipinski definition) is 1. The highest BCUT2D eigenvalue weighted by molar-refractivity contribution is 9.10. The number of thioether (sulfide) groups is 1. The first-order valence-corrected chi connectivity index (χ1v) is 6.77. The Morgan fingerprint density at radius 2 is 2.12 bits per heavy atom. The van der Waals surface area contributed by atoms with Crippen LogP contribution in [0.4, 0.5) is 5.82 Å². The molecule has 5 heteroatoms. The number of aromatic nitrogens is 2. The molecular formula is C11H12BrN3S. The van der Waals surface area contributed by atoms with Crippen molar-refractivity contribution >= 4 is 33.5 Å². The highest BCUT2D eigenvalue weighted by atomic mass is 79.9. The molecule has 0 spiro atoms. The van der Waals surface area contributed by atoms with E-state index in [0.717, 1.165) is 15.7 Å². The van der Waals surface area contributed by atoms with Gasteiger partial charge in [0.05, 0.1) is 5.69 Å². The van der Waals surface area contributed by atoms with Crippen molar-refractivity contribution in [3.8, 4) is 11.3 Å². The van der Waals surface area contributed by atoms with Crippen LogP contribution in [0, 0.1) is 0 Å². The minimum absolute atomic E-state index is 0.667. The third-order valence-electron chi connectivity index (χ3n) is 2.36. The number of hydrogen-bond acceptors (Lipinski definition) is 3. The maximum absolute atomic E-state index is 5.76. The average molecular weight is 298 g/mol. The van der Waals surface area contributed by atoms with Gasteiger partial charge in [-0.05, 0) is 34.3 Å². The number of benzene rings is 1. The first-order chi connectivity index (χ1) is 7.61. The molecule has 3 nitrogen and oxygen atoms in total. The lowest BCUT2D eigenvalue weighted by molar-refractivity contribution is 0.782. The lowest BCUT2D eigenvalue weighted by Crippen LogP contribution is -1.96. The monoisotopic (exact) mass is 297 g/mol. The standard InChI is InChI=1S/C11H12BrN3S/c1-15-11(13)6-9(14-15)7-3-4-10(16-2)8(12)5-7/h3-6H,13H2,1-2H3. The van der Waals surface area contributed by atoms with Crippen molar-refractivity contribution < 1.29 is 0 Å². The Morgan fingerprint density at radius 3 is 2.62 bits per heavy atom. The van der Waals surface area contributed by atoms with Gasteiger partial charge in [-0.15, -0.1) is 11.8 Å². The topological polar surface area (TPSA) is 43.8 Å². The summed E-state index contributed by atoms with van der Waals surface area (Å²) in [4.78, 5) is 1.22. The average Bonchev–Trinajstić information content (AvgIpc) is 2.59. The van der Waals surface area contributed by atoms with Crippen LogP contribution in [0.15, 0.2) is 33.6 Å². The minimum atomic E-state index is 0.667. The lowest BCUT2D eigenvalue weighted by Gasteiger charge is -2.02. The van der Waals surface area contributed by atoms with Gasteiger partial charge in [0.2, 0.25) is 0 Å². The van der Waals surface area contributed by atoms with Crippen LogP contribution < -0.4 is 5.73 Å². The van der Waals surface area contributed by atoms with Crippen LogP contribution in [-0.2, 0) is 7.05 Å². The Bertz CT molecular complexity index is 502. The molecule has 2 N–H and O–H groups in total. The zero-order chi connectivity index (χ0) is 11.7. The molecule has 0 fully saturated rings. The van der Waals surface area contributed by atoms with Gasteiger partial charge in [0.25, 0.3) is 0 Å². The molecule has 0 aliphatic heterocycles. The summed E-state index contributed by atoms with van der Waals surface area (Å²) in [5, 5.41) is 4.34. The van der Waals surface area contributed by atoms with Gasteiger partial charge >= 0.3 is 0 Å². The maximum Gasteiger partial charge on any atom is 0.121 e. The van der Waals surface area contributed by atoms with Gasteiger partial charge in [0.1, 0.15) is 5.82 Å². The van der Waals surface area contributed by atoms with Crippen LogP contribution in [0.3, 0.4) is 0 Å². The van der Waals surface area contributed by atoms with E-state index in [1.54, 1.807) is 16.4 Å². The van der Waals surface area contributed by atoms with Crippen molar-refractivity contribution in [2.75, 3.05) is 12.0 Å². The molecule has 0 unspecified atom stereocenters. The summed E-state index contributed by atoms with van der Waals surface area (Å²) < 4.78 is 2.76. The summed E-state index contributed by atoms with van der Waals surface area (Å²) >= 11 is 5.25. The fourth-order valence-electron chi connectivity index (χ4n) is 1.45. The molecule has 0 saturated carbocycles. The highest BCUT2D eigenvalue weighted by Gasteiger charge is 2.07. The second kappa shape index (κ2) is 4.51. The van der Waals surface area contributed by atoms with Gasteiger partial charge in [0.15, 0.2) is 0 Å². The zero-order valence-electron chi connectivity index (χ0n) is 9.07. The second-order valence-corrected chi connectivity index (χ2v) is 5.13. The number of nitrogens with zero attached hydrogens (tertiary/aromatic N) is 2. The lowest BCUT2D eigenvalue weighted by atomic mass is 10.1. The fraction of sp³-hybridized carbons (Fsp3) is 0.182. The Kier molecular flexibility index (Phi) is 3.25. The van der Waals surface area contributed by atoms with Gasteiger partial charge in [-0.2, -0.15) is 5.10 Å². The Morgan fingerprint density at radius 1 is 1.38 bits per heavy atom. The molecule has 1 heterocycles. The zero-order valence-corrected chi connectivity index (χ0v) is 11.5. The van der Waals surface area contributed by atoms with E-state index >= 15 is 0 Å². The summed E-state index contributed by atoms with van der Waals surface area (Å²) in [6.07, 6.45) is 2.05. The predicted molar refractivity (Wildman–Crippen MR) is 72.5 cm³/mol. The molecular weight excluding hydrogens is 286 g/mol. The van der Waals surface area contributed by atoms with Gasteiger partial charge < -0.3 is 5.73 Å². The van der Waals surface area contributed by atoms with Crippen molar-refractivity contribution in [1.29, 1.82) is 0 Å². The molecule has 0 saturated heterocycles. The van der Waals surface area contributed by atoms with Gasteiger partial charge in [-0.1, -0.05) is 6.07 Å². The molecule has 2 rings (SSSR count).